The predicted molar refractivity (Wildman–Crippen MR) is 71.3 cm³/mol. The number of hydrogen-bond acceptors (Lipinski definition) is 3. The Kier molecular flexibility index (Phi) is 4.02. The molecule has 94 valence electrons. The second kappa shape index (κ2) is 5.52. The van der Waals surface area contributed by atoms with Crippen molar-refractivity contribution < 1.29 is 4.74 Å². The molecule has 0 amide bonds. The highest BCUT2D eigenvalue weighted by Gasteiger charge is 2.20. The lowest BCUT2D eigenvalue weighted by molar-refractivity contribution is 0.0819. The average molecular weight is 234 g/mol. The summed E-state index contributed by atoms with van der Waals surface area (Å²) in [7, 11) is 1.80. The van der Waals surface area contributed by atoms with Crippen LogP contribution in [0.3, 0.4) is 0 Å². The van der Waals surface area contributed by atoms with Gasteiger partial charge in [0.05, 0.1) is 6.10 Å². The molecule has 17 heavy (non-hydrogen) atoms. The zero-order valence-corrected chi connectivity index (χ0v) is 10.8. The fourth-order valence-corrected chi connectivity index (χ4v) is 2.58. The van der Waals surface area contributed by atoms with Crippen LogP contribution in [-0.2, 0) is 11.3 Å². The molecule has 1 fully saturated rings. The van der Waals surface area contributed by atoms with Crippen molar-refractivity contribution in [2.24, 2.45) is 5.73 Å². The lowest BCUT2D eigenvalue weighted by Crippen LogP contribution is -2.37. The van der Waals surface area contributed by atoms with Crippen LogP contribution in [0.25, 0.3) is 0 Å². The fourth-order valence-electron chi connectivity index (χ4n) is 2.58. The standard InChI is InChI=1S/C14H22N2O/c1-11-4-3-5-14(13(11)10-15)16-8-6-12(17-2)7-9-16/h3-5,12H,6-10,15H2,1-2H3. The van der Waals surface area contributed by atoms with Crippen molar-refractivity contribution >= 4 is 5.69 Å². The van der Waals surface area contributed by atoms with E-state index in [1.807, 2.05) is 0 Å². The quantitative estimate of drug-likeness (QED) is 0.870. The van der Waals surface area contributed by atoms with Gasteiger partial charge in [-0.05, 0) is 37.0 Å². The summed E-state index contributed by atoms with van der Waals surface area (Å²) < 4.78 is 5.40. The first kappa shape index (κ1) is 12.4. The van der Waals surface area contributed by atoms with E-state index in [4.69, 9.17) is 10.5 Å². The normalized spacial score (nSPS) is 17.5. The largest absolute Gasteiger partial charge is 0.381 e. The molecule has 1 saturated heterocycles. The van der Waals surface area contributed by atoms with Gasteiger partial charge in [0.2, 0.25) is 0 Å². The van der Waals surface area contributed by atoms with Crippen LogP contribution in [0.4, 0.5) is 5.69 Å². The third-order valence-corrected chi connectivity index (χ3v) is 3.71. The third kappa shape index (κ3) is 2.61. The summed E-state index contributed by atoms with van der Waals surface area (Å²) in [6.45, 7) is 4.88. The molecule has 3 nitrogen and oxygen atoms in total. The topological polar surface area (TPSA) is 38.5 Å². The Morgan fingerprint density at radius 1 is 1.35 bits per heavy atom. The van der Waals surface area contributed by atoms with E-state index in [1.54, 1.807) is 7.11 Å². The maximum Gasteiger partial charge on any atom is 0.0605 e. The number of ether oxygens (including phenoxy) is 1. The van der Waals surface area contributed by atoms with Gasteiger partial charge >= 0.3 is 0 Å². The molecule has 1 aliphatic heterocycles. The molecule has 1 heterocycles. The maximum absolute atomic E-state index is 5.86. The molecule has 0 bridgehead atoms. The fraction of sp³-hybridized carbons (Fsp3) is 0.571. The van der Waals surface area contributed by atoms with E-state index in [-0.39, 0.29) is 0 Å². The summed E-state index contributed by atoms with van der Waals surface area (Å²) in [6.07, 6.45) is 2.64. The van der Waals surface area contributed by atoms with Crippen LogP contribution in [0, 0.1) is 6.92 Å². The lowest BCUT2D eigenvalue weighted by Gasteiger charge is -2.34. The SMILES string of the molecule is COC1CCN(c2cccc(C)c2CN)CC1. The Balaban J connectivity index is 2.15. The molecule has 0 atom stereocenters. The molecule has 0 radical (unpaired) electrons. The minimum Gasteiger partial charge on any atom is -0.381 e. The minimum atomic E-state index is 0.428. The first-order chi connectivity index (χ1) is 8.26. The number of methoxy groups -OCH3 is 1. The van der Waals surface area contributed by atoms with Crippen molar-refractivity contribution in [2.75, 3.05) is 25.1 Å². The van der Waals surface area contributed by atoms with Gasteiger partial charge in [-0.15, -0.1) is 0 Å². The Labute approximate surface area is 104 Å². The molecule has 1 aromatic rings. The molecule has 0 spiro atoms. The van der Waals surface area contributed by atoms with Gasteiger partial charge in [-0.3, -0.25) is 0 Å². The van der Waals surface area contributed by atoms with E-state index in [1.165, 1.54) is 16.8 Å². The van der Waals surface area contributed by atoms with Crippen molar-refractivity contribution in [3.8, 4) is 0 Å². The summed E-state index contributed by atoms with van der Waals surface area (Å²) in [5.41, 5.74) is 9.74. The minimum absolute atomic E-state index is 0.428. The second-order valence-corrected chi connectivity index (χ2v) is 4.70. The van der Waals surface area contributed by atoms with Gasteiger partial charge in [-0.1, -0.05) is 12.1 Å². The molecule has 1 aromatic carbocycles. The number of nitrogens with zero attached hydrogens (tertiary/aromatic N) is 1. The van der Waals surface area contributed by atoms with Crippen LogP contribution in [0.5, 0.6) is 0 Å². The van der Waals surface area contributed by atoms with Gasteiger partial charge in [-0.25, -0.2) is 0 Å². The Bertz CT molecular complexity index is 370. The zero-order valence-electron chi connectivity index (χ0n) is 10.8. The van der Waals surface area contributed by atoms with Crippen molar-refractivity contribution in [1.29, 1.82) is 0 Å². The summed E-state index contributed by atoms with van der Waals surface area (Å²) in [6, 6.07) is 6.43. The number of piperidine rings is 1. The number of anilines is 1. The van der Waals surface area contributed by atoms with Gasteiger partial charge in [0.15, 0.2) is 0 Å². The lowest BCUT2D eigenvalue weighted by atomic mass is 10.0. The first-order valence-electron chi connectivity index (χ1n) is 6.32. The molecule has 2 rings (SSSR count). The smallest absolute Gasteiger partial charge is 0.0605 e. The molecule has 2 N–H and O–H groups in total. The summed E-state index contributed by atoms with van der Waals surface area (Å²) >= 11 is 0. The van der Waals surface area contributed by atoms with Crippen molar-refractivity contribution in [3.05, 3.63) is 29.3 Å². The van der Waals surface area contributed by atoms with Gasteiger partial charge < -0.3 is 15.4 Å². The second-order valence-electron chi connectivity index (χ2n) is 4.70. The first-order valence-corrected chi connectivity index (χ1v) is 6.32. The van der Waals surface area contributed by atoms with E-state index >= 15 is 0 Å². The number of rotatable bonds is 3. The van der Waals surface area contributed by atoms with Gasteiger partial charge in [0, 0.05) is 32.4 Å². The number of hydrogen-bond donors (Lipinski definition) is 1. The van der Waals surface area contributed by atoms with Crippen molar-refractivity contribution in [1.82, 2.24) is 0 Å². The van der Waals surface area contributed by atoms with E-state index in [9.17, 15) is 0 Å². The number of nitrogens with two attached hydrogens (primary N) is 1. The van der Waals surface area contributed by atoms with E-state index in [0.717, 1.165) is 25.9 Å². The average Bonchev–Trinajstić information content (AvgIpc) is 2.38. The van der Waals surface area contributed by atoms with Crippen molar-refractivity contribution in [3.63, 3.8) is 0 Å². The van der Waals surface area contributed by atoms with Crippen molar-refractivity contribution in [2.45, 2.75) is 32.4 Å². The Morgan fingerprint density at radius 3 is 2.65 bits per heavy atom. The molecular weight excluding hydrogens is 212 g/mol. The van der Waals surface area contributed by atoms with Crippen LogP contribution < -0.4 is 10.6 Å². The molecule has 0 unspecified atom stereocenters. The van der Waals surface area contributed by atoms with Gasteiger partial charge in [0.1, 0.15) is 0 Å². The van der Waals surface area contributed by atoms with Gasteiger partial charge in [-0.2, -0.15) is 0 Å². The monoisotopic (exact) mass is 234 g/mol. The Hall–Kier alpha value is -1.06. The highest BCUT2D eigenvalue weighted by Crippen LogP contribution is 2.26. The van der Waals surface area contributed by atoms with E-state index in [2.05, 4.69) is 30.0 Å². The highest BCUT2D eigenvalue weighted by molar-refractivity contribution is 5.56. The molecule has 0 aliphatic carbocycles. The van der Waals surface area contributed by atoms with Crippen LogP contribution in [0.2, 0.25) is 0 Å². The van der Waals surface area contributed by atoms with Crippen LogP contribution >= 0.6 is 0 Å². The maximum atomic E-state index is 5.86. The molecule has 3 heteroatoms. The third-order valence-electron chi connectivity index (χ3n) is 3.71. The van der Waals surface area contributed by atoms with Gasteiger partial charge in [0.25, 0.3) is 0 Å². The van der Waals surface area contributed by atoms with E-state index in [0.29, 0.717) is 12.6 Å². The van der Waals surface area contributed by atoms with Crippen LogP contribution in [0.15, 0.2) is 18.2 Å². The summed E-state index contributed by atoms with van der Waals surface area (Å²) in [4.78, 5) is 2.44. The summed E-state index contributed by atoms with van der Waals surface area (Å²) in [5, 5.41) is 0. The predicted octanol–water partition coefficient (Wildman–Crippen LogP) is 2.07. The van der Waals surface area contributed by atoms with Crippen LogP contribution in [0.1, 0.15) is 24.0 Å². The molecular formula is C14H22N2O. The van der Waals surface area contributed by atoms with E-state index < -0.39 is 0 Å². The van der Waals surface area contributed by atoms with Crippen LogP contribution in [-0.4, -0.2) is 26.3 Å². The molecule has 0 aromatic heterocycles. The summed E-state index contributed by atoms with van der Waals surface area (Å²) in [5.74, 6) is 0. The highest BCUT2D eigenvalue weighted by atomic mass is 16.5. The zero-order chi connectivity index (χ0) is 12.3. The number of aryl methyl sites for hydroxylation is 1. The Morgan fingerprint density at radius 2 is 2.06 bits per heavy atom. The molecule has 0 saturated carbocycles. The molecule has 1 aliphatic rings. The number of benzene rings is 1.